The van der Waals surface area contributed by atoms with Crippen molar-refractivity contribution in [1.29, 1.82) is 0 Å². The van der Waals surface area contributed by atoms with Gasteiger partial charge < -0.3 is 10.5 Å². The maximum atomic E-state index is 12.8. The molecule has 0 saturated carbocycles. The molecule has 84 valence electrons. The molecule has 0 spiro atoms. The van der Waals surface area contributed by atoms with Gasteiger partial charge in [0.05, 0.1) is 13.2 Å². The average molecular weight is 229 g/mol. The lowest BCUT2D eigenvalue weighted by Crippen LogP contribution is -2.09. The van der Waals surface area contributed by atoms with Crippen LogP contribution in [0, 0.1) is 5.82 Å². The van der Waals surface area contributed by atoms with Crippen LogP contribution in [0.1, 0.15) is 5.56 Å². The van der Waals surface area contributed by atoms with Gasteiger partial charge in [0, 0.05) is 18.1 Å². The van der Waals surface area contributed by atoms with Crippen molar-refractivity contribution in [2.75, 3.05) is 25.5 Å². The zero-order valence-electron chi connectivity index (χ0n) is 8.62. The standard InChI is InChI=1S/C11H16FNOS/c12-11-3-1-2-10(8-11)9-15-7-6-14-5-4-13/h1-3,8H,4-7,9,13H2. The fourth-order valence-electron chi connectivity index (χ4n) is 1.12. The van der Waals surface area contributed by atoms with Crippen molar-refractivity contribution in [3.8, 4) is 0 Å². The van der Waals surface area contributed by atoms with Crippen molar-refractivity contribution in [3.63, 3.8) is 0 Å². The minimum absolute atomic E-state index is 0.174. The van der Waals surface area contributed by atoms with E-state index < -0.39 is 0 Å². The van der Waals surface area contributed by atoms with E-state index >= 15 is 0 Å². The van der Waals surface area contributed by atoms with Crippen LogP contribution in [0.4, 0.5) is 4.39 Å². The highest BCUT2D eigenvalue weighted by atomic mass is 32.2. The largest absolute Gasteiger partial charge is 0.379 e. The lowest BCUT2D eigenvalue weighted by molar-refractivity contribution is 0.158. The summed E-state index contributed by atoms with van der Waals surface area (Å²) in [6.07, 6.45) is 0. The predicted octanol–water partition coefficient (Wildman–Crippen LogP) is 2.03. The molecular formula is C11H16FNOS. The Kier molecular flexibility index (Phi) is 6.39. The first-order chi connectivity index (χ1) is 7.33. The van der Waals surface area contributed by atoms with Crippen molar-refractivity contribution in [2.24, 2.45) is 5.73 Å². The molecule has 0 aromatic heterocycles. The first kappa shape index (κ1) is 12.5. The van der Waals surface area contributed by atoms with Gasteiger partial charge in [0.2, 0.25) is 0 Å². The second-order valence-corrected chi connectivity index (χ2v) is 4.19. The summed E-state index contributed by atoms with van der Waals surface area (Å²) in [5, 5.41) is 0. The van der Waals surface area contributed by atoms with Crippen LogP contribution in [0.25, 0.3) is 0 Å². The van der Waals surface area contributed by atoms with Gasteiger partial charge in [-0.05, 0) is 17.7 Å². The molecule has 0 aliphatic heterocycles. The Labute approximate surface area is 94.0 Å². The number of hydrogen-bond donors (Lipinski definition) is 1. The molecule has 2 N–H and O–H groups in total. The van der Waals surface area contributed by atoms with Gasteiger partial charge in [-0.25, -0.2) is 4.39 Å². The van der Waals surface area contributed by atoms with Crippen molar-refractivity contribution in [1.82, 2.24) is 0 Å². The SMILES string of the molecule is NCCOCCSCc1cccc(F)c1. The molecule has 0 aliphatic rings. The minimum Gasteiger partial charge on any atom is -0.379 e. The van der Waals surface area contributed by atoms with E-state index in [1.165, 1.54) is 6.07 Å². The summed E-state index contributed by atoms with van der Waals surface area (Å²) in [6.45, 7) is 1.88. The summed E-state index contributed by atoms with van der Waals surface area (Å²) in [5.41, 5.74) is 6.29. The molecule has 0 bridgehead atoms. The molecule has 15 heavy (non-hydrogen) atoms. The van der Waals surface area contributed by atoms with E-state index in [1.54, 1.807) is 23.9 Å². The topological polar surface area (TPSA) is 35.2 Å². The molecule has 0 unspecified atom stereocenters. The van der Waals surface area contributed by atoms with E-state index in [4.69, 9.17) is 10.5 Å². The highest BCUT2D eigenvalue weighted by molar-refractivity contribution is 7.98. The second-order valence-electron chi connectivity index (χ2n) is 3.08. The van der Waals surface area contributed by atoms with Gasteiger partial charge in [0.1, 0.15) is 5.82 Å². The second kappa shape index (κ2) is 7.68. The first-order valence-electron chi connectivity index (χ1n) is 4.93. The third-order valence-electron chi connectivity index (χ3n) is 1.79. The van der Waals surface area contributed by atoms with Gasteiger partial charge in [-0.3, -0.25) is 0 Å². The number of thioether (sulfide) groups is 1. The molecule has 2 nitrogen and oxygen atoms in total. The molecule has 0 fully saturated rings. The number of rotatable bonds is 7. The van der Waals surface area contributed by atoms with Crippen molar-refractivity contribution >= 4 is 11.8 Å². The van der Waals surface area contributed by atoms with E-state index in [0.717, 1.165) is 17.1 Å². The Morgan fingerprint density at radius 2 is 2.20 bits per heavy atom. The van der Waals surface area contributed by atoms with Crippen LogP contribution in [0.2, 0.25) is 0 Å². The van der Waals surface area contributed by atoms with E-state index in [2.05, 4.69) is 0 Å². The monoisotopic (exact) mass is 229 g/mol. The third-order valence-corrected chi connectivity index (χ3v) is 2.78. The average Bonchev–Trinajstić information content (AvgIpc) is 2.23. The zero-order chi connectivity index (χ0) is 10.9. The molecule has 0 saturated heterocycles. The molecule has 0 heterocycles. The zero-order valence-corrected chi connectivity index (χ0v) is 9.43. The molecule has 1 aromatic carbocycles. The van der Waals surface area contributed by atoms with Crippen LogP contribution in [0.15, 0.2) is 24.3 Å². The van der Waals surface area contributed by atoms with Gasteiger partial charge in [-0.2, -0.15) is 11.8 Å². The summed E-state index contributed by atoms with van der Waals surface area (Å²) in [4.78, 5) is 0. The molecule has 4 heteroatoms. The van der Waals surface area contributed by atoms with E-state index in [9.17, 15) is 4.39 Å². The Morgan fingerprint density at radius 3 is 2.93 bits per heavy atom. The van der Waals surface area contributed by atoms with Crippen LogP contribution >= 0.6 is 11.8 Å². The van der Waals surface area contributed by atoms with Gasteiger partial charge in [0.15, 0.2) is 0 Å². The van der Waals surface area contributed by atoms with Crippen LogP contribution in [0.5, 0.6) is 0 Å². The van der Waals surface area contributed by atoms with E-state index in [1.807, 2.05) is 6.07 Å². The summed E-state index contributed by atoms with van der Waals surface area (Å²) in [5.74, 6) is 1.56. The maximum Gasteiger partial charge on any atom is 0.123 e. The molecule has 1 rings (SSSR count). The van der Waals surface area contributed by atoms with Crippen molar-refractivity contribution in [3.05, 3.63) is 35.6 Å². The summed E-state index contributed by atoms with van der Waals surface area (Å²) < 4.78 is 18.0. The smallest absolute Gasteiger partial charge is 0.123 e. The molecule has 1 aromatic rings. The van der Waals surface area contributed by atoms with E-state index in [0.29, 0.717) is 19.8 Å². The van der Waals surface area contributed by atoms with E-state index in [-0.39, 0.29) is 5.82 Å². The molecular weight excluding hydrogens is 213 g/mol. The van der Waals surface area contributed by atoms with Gasteiger partial charge in [-0.15, -0.1) is 0 Å². The number of benzene rings is 1. The Balaban J connectivity index is 2.10. The molecule has 0 radical (unpaired) electrons. The number of nitrogens with two attached hydrogens (primary N) is 1. The minimum atomic E-state index is -0.174. The van der Waals surface area contributed by atoms with Gasteiger partial charge >= 0.3 is 0 Å². The summed E-state index contributed by atoms with van der Waals surface area (Å²) in [6, 6.07) is 6.68. The van der Waals surface area contributed by atoms with Crippen LogP contribution < -0.4 is 5.73 Å². The van der Waals surface area contributed by atoms with Gasteiger partial charge in [-0.1, -0.05) is 12.1 Å². The quantitative estimate of drug-likeness (QED) is 0.727. The molecule has 0 amide bonds. The normalized spacial score (nSPS) is 10.5. The molecule has 0 atom stereocenters. The fraction of sp³-hybridized carbons (Fsp3) is 0.455. The predicted molar refractivity (Wildman–Crippen MR) is 62.4 cm³/mol. The van der Waals surface area contributed by atoms with Crippen LogP contribution in [-0.2, 0) is 10.5 Å². The lowest BCUT2D eigenvalue weighted by atomic mass is 10.2. The maximum absolute atomic E-state index is 12.8. The number of halogens is 1. The highest BCUT2D eigenvalue weighted by Crippen LogP contribution is 2.12. The van der Waals surface area contributed by atoms with Crippen LogP contribution in [0.3, 0.4) is 0 Å². The number of hydrogen-bond acceptors (Lipinski definition) is 3. The summed E-state index contributed by atoms with van der Waals surface area (Å²) >= 11 is 1.73. The summed E-state index contributed by atoms with van der Waals surface area (Å²) in [7, 11) is 0. The molecule has 0 aliphatic carbocycles. The van der Waals surface area contributed by atoms with Crippen molar-refractivity contribution in [2.45, 2.75) is 5.75 Å². The van der Waals surface area contributed by atoms with Crippen molar-refractivity contribution < 1.29 is 9.13 Å². The Hall–Kier alpha value is -0.580. The number of ether oxygens (including phenoxy) is 1. The third kappa shape index (κ3) is 5.77. The fourth-order valence-corrected chi connectivity index (χ4v) is 1.92. The first-order valence-corrected chi connectivity index (χ1v) is 6.08. The van der Waals surface area contributed by atoms with Crippen LogP contribution in [-0.4, -0.2) is 25.5 Å². The van der Waals surface area contributed by atoms with Gasteiger partial charge in [0.25, 0.3) is 0 Å². The Morgan fingerprint density at radius 1 is 1.33 bits per heavy atom. The lowest BCUT2D eigenvalue weighted by Gasteiger charge is -2.03. The Bertz CT molecular complexity index is 283. The highest BCUT2D eigenvalue weighted by Gasteiger charge is 1.95.